The van der Waals surface area contributed by atoms with Gasteiger partial charge >= 0.3 is 0 Å². The number of ether oxygens (including phenoxy) is 1. The van der Waals surface area contributed by atoms with Crippen molar-refractivity contribution < 1.29 is 9.53 Å². The van der Waals surface area contributed by atoms with E-state index >= 15 is 0 Å². The maximum absolute atomic E-state index is 11.5. The minimum atomic E-state index is 0.124. The molecule has 0 radical (unpaired) electrons. The summed E-state index contributed by atoms with van der Waals surface area (Å²) in [6.45, 7) is 4.64. The zero-order chi connectivity index (χ0) is 12.5. The molecule has 3 rings (SSSR count). The number of aromatic nitrogens is 1. The minimum Gasteiger partial charge on any atom is -0.372 e. The van der Waals surface area contributed by atoms with Crippen LogP contribution < -0.4 is 4.90 Å². The molecule has 2 atom stereocenters. The van der Waals surface area contributed by atoms with Crippen LogP contribution in [0.15, 0.2) is 24.5 Å². The van der Waals surface area contributed by atoms with Crippen LogP contribution in [0.25, 0.3) is 0 Å². The molecule has 1 aromatic rings. The van der Waals surface area contributed by atoms with Crippen molar-refractivity contribution in [2.24, 2.45) is 0 Å². The van der Waals surface area contributed by atoms with E-state index in [0.29, 0.717) is 13.2 Å². The number of hydrogen-bond acceptors (Lipinski definition) is 4. The SMILES string of the molecule is CC(=O)N1C[C@@H]2OCCN(c3cccnc3)[C@@H]2C1. The lowest BCUT2D eigenvalue weighted by atomic mass is 10.1. The highest BCUT2D eigenvalue weighted by Crippen LogP contribution is 2.27. The van der Waals surface area contributed by atoms with Gasteiger partial charge in [-0.3, -0.25) is 9.78 Å². The molecule has 3 heterocycles. The first kappa shape index (κ1) is 11.5. The van der Waals surface area contributed by atoms with Crippen LogP contribution in [0.2, 0.25) is 0 Å². The van der Waals surface area contributed by atoms with Gasteiger partial charge < -0.3 is 14.5 Å². The monoisotopic (exact) mass is 247 g/mol. The Kier molecular flexibility index (Phi) is 2.91. The van der Waals surface area contributed by atoms with Gasteiger partial charge in [-0.25, -0.2) is 0 Å². The van der Waals surface area contributed by atoms with Crippen molar-refractivity contribution in [1.82, 2.24) is 9.88 Å². The number of amides is 1. The summed E-state index contributed by atoms with van der Waals surface area (Å²) in [5.41, 5.74) is 1.11. The van der Waals surface area contributed by atoms with Crippen LogP contribution in [0, 0.1) is 0 Å². The number of nitrogens with zero attached hydrogens (tertiary/aromatic N) is 3. The molecule has 18 heavy (non-hydrogen) atoms. The molecular weight excluding hydrogens is 230 g/mol. The number of carbonyl (C=O) groups excluding carboxylic acids is 1. The fourth-order valence-corrected chi connectivity index (χ4v) is 2.79. The number of carbonyl (C=O) groups is 1. The maximum Gasteiger partial charge on any atom is 0.219 e. The fraction of sp³-hybridized carbons (Fsp3) is 0.538. The van der Waals surface area contributed by atoms with Gasteiger partial charge in [0.15, 0.2) is 0 Å². The van der Waals surface area contributed by atoms with Crippen molar-refractivity contribution in [2.45, 2.75) is 19.1 Å². The van der Waals surface area contributed by atoms with Crippen LogP contribution in [0.5, 0.6) is 0 Å². The molecule has 0 N–H and O–H groups in total. The standard InChI is InChI=1S/C13H17N3O2/c1-10(17)15-8-12-13(9-15)18-6-5-16(12)11-3-2-4-14-7-11/h2-4,7,12-13H,5-6,8-9H2,1H3/t12-,13+/m1/s1. The third-order valence-electron chi connectivity index (χ3n) is 3.72. The molecule has 5 nitrogen and oxygen atoms in total. The first-order chi connectivity index (χ1) is 8.75. The van der Waals surface area contributed by atoms with E-state index in [9.17, 15) is 4.79 Å². The van der Waals surface area contributed by atoms with Crippen molar-refractivity contribution in [3.63, 3.8) is 0 Å². The van der Waals surface area contributed by atoms with Crippen LogP contribution in [-0.2, 0) is 9.53 Å². The first-order valence-corrected chi connectivity index (χ1v) is 6.29. The summed E-state index contributed by atoms with van der Waals surface area (Å²) < 4.78 is 5.78. The van der Waals surface area contributed by atoms with Crippen LogP contribution in [0.1, 0.15) is 6.92 Å². The Labute approximate surface area is 106 Å². The highest BCUT2D eigenvalue weighted by molar-refractivity contribution is 5.74. The van der Waals surface area contributed by atoms with E-state index in [-0.39, 0.29) is 18.1 Å². The Hall–Kier alpha value is -1.62. The average molecular weight is 247 g/mol. The van der Waals surface area contributed by atoms with E-state index in [0.717, 1.165) is 18.8 Å². The van der Waals surface area contributed by atoms with Gasteiger partial charge in [-0.1, -0.05) is 0 Å². The second-order valence-electron chi connectivity index (χ2n) is 4.81. The molecule has 2 fully saturated rings. The Morgan fingerprint density at radius 2 is 2.39 bits per heavy atom. The van der Waals surface area contributed by atoms with Gasteiger partial charge in [0.2, 0.25) is 5.91 Å². The lowest BCUT2D eigenvalue weighted by Gasteiger charge is -2.38. The molecule has 0 saturated carbocycles. The average Bonchev–Trinajstić information content (AvgIpc) is 2.83. The second-order valence-corrected chi connectivity index (χ2v) is 4.81. The number of anilines is 1. The summed E-state index contributed by atoms with van der Waals surface area (Å²) in [6, 6.07) is 4.26. The van der Waals surface area contributed by atoms with Crippen LogP contribution in [0.3, 0.4) is 0 Å². The summed E-state index contributed by atoms with van der Waals surface area (Å²) >= 11 is 0. The van der Waals surface area contributed by atoms with E-state index in [1.807, 2.05) is 17.2 Å². The topological polar surface area (TPSA) is 45.7 Å². The van der Waals surface area contributed by atoms with Crippen molar-refractivity contribution in [3.8, 4) is 0 Å². The predicted molar refractivity (Wildman–Crippen MR) is 67.4 cm³/mol. The smallest absolute Gasteiger partial charge is 0.219 e. The summed E-state index contributed by atoms with van der Waals surface area (Å²) in [5, 5.41) is 0. The molecule has 2 aliphatic rings. The molecule has 0 unspecified atom stereocenters. The number of morpholine rings is 1. The van der Waals surface area contributed by atoms with Crippen molar-refractivity contribution in [1.29, 1.82) is 0 Å². The van der Waals surface area contributed by atoms with E-state index in [1.54, 1.807) is 13.1 Å². The van der Waals surface area contributed by atoms with Gasteiger partial charge in [-0.15, -0.1) is 0 Å². The summed E-state index contributed by atoms with van der Waals surface area (Å²) in [6.07, 6.45) is 3.78. The molecule has 1 aromatic heterocycles. The molecule has 0 aliphatic carbocycles. The third kappa shape index (κ3) is 1.95. The van der Waals surface area contributed by atoms with Crippen LogP contribution >= 0.6 is 0 Å². The minimum absolute atomic E-state index is 0.124. The van der Waals surface area contributed by atoms with Gasteiger partial charge in [0.1, 0.15) is 0 Å². The largest absolute Gasteiger partial charge is 0.372 e. The fourth-order valence-electron chi connectivity index (χ4n) is 2.79. The zero-order valence-corrected chi connectivity index (χ0v) is 10.5. The second kappa shape index (κ2) is 4.57. The van der Waals surface area contributed by atoms with E-state index in [2.05, 4.69) is 16.0 Å². The molecule has 96 valence electrons. The number of fused-ring (bicyclic) bond motifs is 1. The van der Waals surface area contributed by atoms with Crippen LogP contribution in [0.4, 0.5) is 5.69 Å². The molecule has 5 heteroatoms. The Balaban J connectivity index is 1.82. The Bertz CT molecular complexity index is 437. The number of pyridine rings is 1. The van der Waals surface area contributed by atoms with Gasteiger partial charge in [0.05, 0.1) is 30.6 Å². The van der Waals surface area contributed by atoms with Crippen LogP contribution in [-0.4, -0.2) is 54.2 Å². The number of likely N-dealkylation sites (tertiary alicyclic amines) is 1. The van der Waals surface area contributed by atoms with E-state index in [4.69, 9.17) is 4.74 Å². The molecule has 0 aromatic carbocycles. The molecule has 0 spiro atoms. The first-order valence-electron chi connectivity index (χ1n) is 6.29. The normalized spacial score (nSPS) is 27.2. The molecular formula is C13H17N3O2. The Morgan fingerprint density at radius 3 is 3.11 bits per heavy atom. The van der Waals surface area contributed by atoms with Crippen molar-refractivity contribution in [2.75, 3.05) is 31.1 Å². The van der Waals surface area contributed by atoms with Gasteiger partial charge in [-0.2, -0.15) is 0 Å². The lowest BCUT2D eigenvalue weighted by molar-refractivity contribution is -0.128. The molecule has 1 amide bonds. The quantitative estimate of drug-likeness (QED) is 0.725. The summed E-state index contributed by atoms with van der Waals surface area (Å²) in [5.74, 6) is 0.124. The molecule has 2 saturated heterocycles. The van der Waals surface area contributed by atoms with Gasteiger partial charge in [0.25, 0.3) is 0 Å². The Morgan fingerprint density at radius 1 is 1.50 bits per heavy atom. The maximum atomic E-state index is 11.5. The number of rotatable bonds is 1. The van der Waals surface area contributed by atoms with E-state index in [1.165, 1.54) is 0 Å². The summed E-state index contributed by atoms with van der Waals surface area (Å²) in [7, 11) is 0. The number of hydrogen-bond donors (Lipinski definition) is 0. The third-order valence-corrected chi connectivity index (χ3v) is 3.72. The molecule has 2 aliphatic heterocycles. The highest BCUT2D eigenvalue weighted by Gasteiger charge is 2.41. The summed E-state index contributed by atoms with van der Waals surface area (Å²) in [4.78, 5) is 19.8. The lowest BCUT2D eigenvalue weighted by Crippen LogP contribution is -2.51. The van der Waals surface area contributed by atoms with Crippen molar-refractivity contribution in [3.05, 3.63) is 24.5 Å². The van der Waals surface area contributed by atoms with Gasteiger partial charge in [0, 0.05) is 32.8 Å². The molecule has 0 bridgehead atoms. The zero-order valence-electron chi connectivity index (χ0n) is 10.5. The van der Waals surface area contributed by atoms with Gasteiger partial charge in [-0.05, 0) is 12.1 Å². The predicted octanol–water partition coefficient (Wildman–Crippen LogP) is 0.517. The van der Waals surface area contributed by atoms with Crippen molar-refractivity contribution >= 4 is 11.6 Å². The van der Waals surface area contributed by atoms with E-state index < -0.39 is 0 Å². The highest BCUT2D eigenvalue weighted by atomic mass is 16.5.